The molecule has 0 aliphatic carbocycles. The smallest absolute Gasteiger partial charge is 0.247 e. The van der Waals surface area contributed by atoms with Crippen LogP contribution in [0, 0.1) is 0 Å². The summed E-state index contributed by atoms with van der Waals surface area (Å²) in [6.07, 6.45) is 7.24. The zero-order valence-corrected chi connectivity index (χ0v) is 19.6. The molecule has 0 bridgehead atoms. The number of likely N-dealkylation sites (tertiary alicyclic amines) is 1. The fourth-order valence-electron chi connectivity index (χ4n) is 4.73. The molecule has 2 aliphatic heterocycles. The zero-order valence-electron chi connectivity index (χ0n) is 19.6. The van der Waals surface area contributed by atoms with Gasteiger partial charge in [-0.3, -0.25) is 4.79 Å². The maximum Gasteiger partial charge on any atom is 0.247 e. The number of hydrogen-bond acceptors (Lipinski definition) is 7. The highest BCUT2D eigenvalue weighted by Gasteiger charge is 2.36. The molecule has 2 aromatic heterocycles. The van der Waals surface area contributed by atoms with Crippen LogP contribution in [0.3, 0.4) is 0 Å². The summed E-state index contributed by atoms with van der Waals surface area (Å²) in [7, 11) is 0. The summed E-state index contributed by atoms with van der Waals surface area (Å²) in [5.41, 5.74) is 2.45. The second kappa shape index (κ2) is 9.18. The third-order valence-corrected chi connectivity index (χ3v) is 6.44. The minimum absolute atomic E-state index is 0.108. The maximum atomic E-state index is 12.7. The minimum Gasteiger partial charge on any atom is -0.457 e. The average Bonchev–Trinajstić information content (AvgIpc) is 3.37. The van der Waals surface area contributed by atoms with Gasteiger partial charge in [-0.1, -0.05) is 24.8 Å². The Labute approximate surface area is 208 Å². The average molecular weight is 480 g/mol. The molecular formula is C27H25N7O2. The number of amidine groups is 1. The number of carbonyl (C=O) groups is 1. The Kier molecular flexibility index (Phi) is 5.57. The van der Waals surface area contributed by atoms with Crippen LogP contribution in [-0.2, 0) is 4.79 Å². The molecule has 0 radical (unpaired) electrons. The van der Waals surface area contributed by atoms with Crippen molar-refractivity contribution in [1.29, 1.82) is 0 Å². The molecule has 1 fully saturated rings. The molecule has 9 heteroatoms. The van der Waals surface area contributed by atoms with E-state index in [0.29, 0.717) is 18.2 Å². The van der Waals surface area contributed by atoms with Gasteiger partial charge in [0.2, 0.25) is 5.91 Å². The number of ether oxygens (including phenoxy) is 1. The van der Waals surface area contributed by atoms with E-state index < -0.39 is 0 Å². The van der Waals surface area contributed by atoms with Crippen molar-refractivity contribution in [3.05, 3.63) is 85.3 Å². The van der Waals surface area contributed by atoms with Gasteiger partial charge in [0.1, 0.15) is 29.6 Å². The Balaban J connectivity index is 1.33. The highest BCUT2D eigenvalue weighted by molar-refractivity contribution is 6.19. The first kappa shape index (κ1) is 21.8. The molecule has 0 spiro atoms. The number of aromatic amines is 1. The lowest BCUT2D eigenvalue weighted by Gasteiger charge is -2.41. The number of benzene rings is 2. The lowest BCUT2D eigenvalue weighted by Crippen LogP contribution is -2.52. The monoisotopic (exact) mass is 479 g/mol. The third-order valence-electron chi connectivity index (χ3n) is 6.44. The van der Waals surface area contributed by atoms with Crippen LogP contribution in [-0.4, -0.2) is 44.3 Å². The van der Waals surface area contributed by atoms with Gasteiger partial charge < -0.3 is 19.9 Å². The Hall–Kier alpha value is -4.66. The zero-order chi connectivity index (χ0) is 24.5. The number of para-hydroxylation sites is 1. The van der Waals surface area contributed by atoms with E-state index in [2.05, 4.69) is 26.8 Å². The van der Waals surface area contributed by atoms with Crippen LogP contribution >= 0.6 is 0 Å². The normalized spacial score (nSPS) is 17.0. The van der Waals surface area contributed by atoms with Gasteiger partial charge in [0.25, 0.3) is 0 Å². The van der Waals surface area contributed by atoms with Gasteiger partial charge in [0.05, 0.1) is 5.39 Å². The number of hydrogen-bond donors (Lipinski definition) is 2. The van der Waals surface area contributed by atoms with E-state index >= 15 is 0 Å². The molecule has 2 aromatic carbocycles. The topological polar surface area (TPSA) is 98.7 Å². The number of hydrazone groups is 1. The van der Waals surface area contributed by atoms with Crippen LogP contribution in [0.2, 0.25) is 0 Å². The van der Waals surface area contributed by atoms with E-state index in [1.165, 1.54) is 12.4 Å². The van der Waals surface area contributed by atoms with Gasteiger partial charge in [-0.25, -0.2) is 15.0 Å². The highest BCUT2D eigenvalue weighted by Crippen LogP contribution is 2.36. The van der Waals surface area contributed by atoms with Gasteiger partial charge in [-0.2, -0.15) is 5.10 Å². The van der Waals surface area contributed by atoms with Crippen LogP contribution in [0.1, 0.15) is 24.8 Å². The first-order chi connectivity index (χ1) is 17.7. The van der Waals surface area contributed by atoms with E-state index in [9.17, 15) is 4.79 Å². The summed E-state index contributed by atoms with van der Waals surface area (Å²) in [6, 6.07) is 17.4. The number of anilines is 2. The van der Waals surface area contributed by atoms with Crippen molar-refractivity contribution in [2.24, 2.45) is 5.10 Å². The quantitative estimate of drug-likeness (QED) is 0.396. The fraction of sp³-hybridized carbons (Fsp3) is 0.185. The first-order valence-electron chi connectivity index (χ1n) is 11.9. The van der Waals surface area contributed by atoms with Crippen molar-refractivity contribution >= 4 is 34.3 Å². The van der Waals surface area contributed by atoms with Gasteiger partial charge in [-0.15, -0.1) is 0 Å². The number of piperidine rings is 1. The van der Waals surface area contributed by atoms with Crippen LogP contribution in [0.4, 0.5) is 11.5 Å². The molecular weight excluding hydrogens is 454 g/mol. The van der Waals surface area contributed by atoms with Crippen molar-refractivity contribution < 1.29 is 9.53 Å². The van der Waals surface area contributed by atoms with Gasteiger partial charge in [0.15, 0.2) is 11.7 Å². The van der Waals surface area contributed by atoms with Gasteiger partial charge in [-0.05, 0) is 61.7 Å². The number of nitrogens with one attached hydrogen (secondary N) is 2. The van der Waals surface area contributed by atoms with E-state index in [1.807, 2.05) is 70.7 Å². The van der Waals surface area contributed by atoms with Crippen LogP contribution in [0.25, 0.3) is 11.0 Å². The van der Waals surface area contributed by atoms with Gasteiger partial charge >= 0.3 is 0 Å². The van der Waals surface area contributed by atoms with Crippen LogP contribution in [0.15, 0.2) is 84.9 Å². The molecule has 1 atom stereocenters. The lowest BCUT2D eigenvalue weighted by molar-refractivity contribution is -0.129. The molecule has 9 nitrogen and oxygen atoms in total. The summed E-state index contributed by atoms with van der Waals surface area (Å²) in [5, 5.41) is 11.1. The van der Waals surface area contributed by atoms with E-state index in [-0.39, 0.29) is 12.1 Å². The molecule has 180 valence electrons. The lowest BCUT2D eigenvalue weighted by atomic mass is 10.1. The molecule has 6 rings (SSSR count). The highest BCUT2D eigenvalue weighted by atomic mass is 16.5. The molecule has 2 aliphatic rings. The third kappa shape index (κ3) is 3.94. The van der Waals surface area contributed by atoms with Crippen molar-refractivity contribution in [2.45, 2.75) is 25.4 Å². The number of amides is 1. The molecule has 36 heavy (non-hydrogen) atoms. The number of H-pyrrole nitrogens is 1. The first-order valence-corrected chi connectivity index (χ1v) is 11.9. The summed E-state index contributed by atoms with van der Waals surface area (Å²) in [6.45, 7) is 4.34. The fourth-order valence-corrected chi connectivity index (χ4v) is 4.73. The van der Waals surface area contributed by atoms with Crippen molar-refractivity contribution in [2.75, 3.05) is 16.9 Å². The van der Waals surface area contributed by atoms with E-state index in [1.54, 1.807) is 0 Å². The Morgan fingerprint density at radius 1 is 1.08 bits per heavy atom. The molecule has 1 saturated heterocycles. The Morgan fingerprint density at radius 3 is 2.69 bits per heavy atom. The largest absolute Gasteiger partial charge is 0.457 e. The molecule has 1 amide bonds. The van der Waals surface area contributed by atoms with Crippen LogP contribution in [0.5, 0.6) is 11.5 Å². The van der Waals surface area contributed by atoms with Gasteiger partial charge in [0, 0.05) is 24.0 Å². The Morgan fingerprint density at radius 2 is 1.89 bits per heavy atom. The molecule has 0 saturated carbocycles. The predicted octanol–water partition coefficient (Wildman–Crippen LogP) is 4.87. The Bertz CT molecular complexity index is 1450. The molecule has 2 N–H and O–H groups in total. The number of aromatic nitrogens is 3. The maximum absolute atomic E-state index is 12.7. The summed E-state index contributed by atoms with van der Waals surface area (Å²) in [5.74, 6) is 2.74. The van der Waals surface area contributed by atoms with Crippen LogP contribution < -0.4 is 15.1 Å². The minimum atomic E-state index is -0.260. The second-order valence-corrected chi connectivity index (χ2v) is 8.69. The standard InChI is InChI=1S/C27H25N7O2/c1-2-23(35)33-15-7-6-10-22(33)34-27-24-21(16-28-26(24)29-17-30-27)25(32-34)31-18-11-13-20(14-12-18)36-19-8-4-3-5-9-19/h2-5,8-9,11-14,16-17,22H,1,6-7,10,15H2,(H,31,32)(H,28,29,30). The number of carbonyl (C=O) groups excluding carboxylic acids is 1. The summed E-state index contributed by atoms with van der Waals surface area (Å²) in [4.78, 5) is 26.7. The van der Waals surface area contributed by atoms with E-state index in [0.717, 1.165) is 53.0 Å². The van der Waals surface area contributed by atoms with Crippen molar-refractivity contribution in [3.8, 4) is 11.5 Å². The predicted molar refractivity (Wildman–Crippen MR) is 139 cm³/mol. The summed E-state index contributed by atoms with van der Waals surface area (Å²) < 4.78 is 5.91. The van der Waals surface area contributed by atoms with Crippen molar-refractivity contribution in [3.63, 3.8) is 0 Å². The number of nitrogens with zero attached hydrogens (tertiary/aromatic N) is 5. The summed E-state index contributed by atoms with van der Waals surface area (Å²) >= 11 is 0. The molecule has 4 heterocycles. The van der Waals surface area contributed by atoms with Crippen molar-refractivity contribution in [1.82, 2.24) is 19.9 Å². The molecule has 4 aromatic rings. The number of rotatable bonds is 5. The second-order valence-electron chi connectivity index (χ2n) is 8.69. The SMILES string of the molecule is C=CC(=O)N1CCCCC1N1N=C(Nc2ccc(Oc3ccccc3)cc2)c2c[nH]c3ncnc1c23. The molecule has 1 unspecified atom stereocenters. The van der Waals surface area contributed by atoms with E-state index in [4.69, 9.17) is 9.84 Å².